The Kier molecular flexibility index (Phi) is 3.51. The van der Waals surface area contributed by atoms with Gasteiger partial charge in [0.05, 0.1) is 24.9 Å². The van der Waals surface area contributed by atoms with Crippen LogP contribution in [0.5, 0.6) is 11.5 Å². The van der Waals surface area contributed by atoms with E-state index in [-0.39, 0.29) is 27.1 Å². The number of hydrogen-bond donors (Lipinski definition) is 2. The number of nitrogens with two attached hydrogens (primary N) is 2. The summed E-state index contributed by atoms with van der Waals surface area (Å²) in [5.41, 5.74) is 5.57. The van der Waals surface area contributed by atoms with Crippen molar-refractivity contribution >= 4 is 27.3 Å². The van der Waals surface area contributed by atoms with Gasteiger partial charge in [0.1, 0.15) is 4.90 Å². The molecule has 0 saturated heterocycles. The van der Waals surface area contributed by atoms with Gasteiger partial charge in [0.25, 0.3) is 0 Å². The number of anilines is 1. The van der Waals surface area contributed by atoms with E-state index in [1.54, 1.807) is 0 Å². The lowest BCUT2D eigenvalue weighted by molar-refractivity contribution is 0.347. The van der Waals surface area contributed by atoms with E-state index >= 15 is 0 Å². The molecule has 8 heteroatoms. The van der Waals surface area contributed by atoms with E-state index in [1.807, 2.05) is 0 Å². The Hall–Kier alpha value is -1.18. The summed E-state index contributed by atoms with van der Waals surface area (Å²) >= 11 is 5.77. The Labute approximate surface area is 98.1 Å². The average Bonchev–Trinajstić information content (AvgIpc) is 2.19. The van der Waals surface area contributed by atoms with Gasteiger partial charge in [0.2, 0.25) is 10.0 Å². The second-order valence-corrected chi connectivity index (χ2v) is 4.77. The third kappa shape index (κ3) is 2.16. The number of rotatable bonds is 3. The Morgan fingerprint density at radius 1 is 1.31 bits per heavy atom. The van der Waals surface area contributed by atoms with E-state index in [0.29, 0.717) is 0 Å². The predicted octanol–water partition coefficient (Wildman–Crippen LogP) is 0.587. The molecule has 0 spiro atoms. The normalized spacial score (nSPS) is 11.2. The van der Waals surface area contributed by atoms with E-state index in [9.17, 15) is 8.42 Å². The zero-order valence-electron chi connectivity index (χ0n) is 8.65. The van der Waals surface area contributed by atoms with Crippen LogP contribution in [-0.2, 0) is 10.0 Å². The first-order valence-corrected chi connectivity index (χ1v) is 5.98. The number of benzene rings is 1. The molecule has 16 heavy (non-hydrogen) atoms. The number of hydrogen-bond acceptors (Lipinski definition) is 5. The van der Waals surface area contributed by atoms with Crippen LogP contribution < -0.4 is 20.3 Å². The summed E-state index contributed by atoms with van der Waals surface area (Å²) in [4.78, 5) is -0.381. The molecule has 1 rings (SSSR count). The van der Waals surface area contributed by atoms with Crippen LogP contribution in [-0.4, -0.2) is 22.6 Å². The number of sulfonamides is 1. The van der Waals surface area contributed by atoms with Crippen LogP contribution in [0.2, 0.25) is 5.02 Å². The van der Waals surface area contributed by atoms with Crippen LogP contribution in [0.1, 0.15) is 0 Å². The zero-order chi connectivity index (χ0) is 12.5. The maximum atomic E-state index is 11.4. The fraction of sp³-hybridized carbons (Fsp3) is 0.250. The SMILES string of the molecule is COc1cc(N)c(Cl)c(S(N)(=O)=O)c1OC. The van der Waals surface area contributed by atoms with Crippen LogP contribution in [0.15, 0.2) is 11.0 Å². The van der Waals surface area contributed by atoms with Gasteiger partial charge in [-0.3, -0.25) is 0 Å². The summed E-state index contributed by atoms with van der Waals surface area (Å²) in [6.45, 7) is 0. The Balaban J connectivity index is 3.74. The maximum Gasteiger partial charge on any atom is 0.243 e. The molecule has 4 N–H and O–H groups in total. The van der Waals surface area contributed by atoms with E-state index in [4.69, 9.17) is 31.9 Å². The van der Waals surface area contributed by atoms with Gasteiger partial charge in [-0.25, -0.2) is 13.6 Å². The standard InChI is InChI=1S/C8H11ClN2O4S/c1-14-5-3-4(10)6(9)8(7(5)15-2)16(11,12)13/h3H,10H2,1-2H3,(H2,11,12,13). The molecule has 90 valence electrons. The number of ether oxygens (including phenoxy) is 2. The molecule has 0 aliphatic rings. The first-order valence-electron chi connectivity index (χ1n) is 4.05. The van der Waals surface area contributed by atoms with Crippen molar-refractivity contribution in [1.82, 2.24) is 0 Å². The van der Waals surface area contributed by atoms with E-state index in [0.717, 1.165) is 0 Å². The van der Waals surface area contributed by atoms with Crippen molar-refractivity contribution < 1.29 is 17.9 Å². The van der Waals surface area contributed by atoms with Crippen molar-refractivity contribution in [3.63, 3.8) is 0 Å². The van der Waals surface area contributed by atoms with Gasteiger partial charge >= 0.3 is 0 Å². The highest BCUT2D eigenvalue weighted by Gasteiger charge is 2.25. The summed E-state index contributed by atoms with van der Waals surface area (Å²) in [5.74, 6) is 0.0811. The van der Waals surface area contributed by atoms with Crippen molar-refractivity contribution in [1.29, 1.82) is 0 Å². The second kappa shape index (κ2) is 4.36. The van der Waals surface area contributed by atoms with Crippen LogP contribution in [0, 0.1) is 0 Å². The molecule has 0 amide bonds. The highest BCUT2D eigenvalue weighted by Crippen LogP contribution is 2.42. The molecule has 0 aromatic heterocycles. The second-order valence-electron chi connectivity index (χ2n) is 2.89. The topological polar surface area (TPSA) is 105 Å². The van der Waals surface area contributed by atoms with Gasteiger partial charge in [-0.15, -0.1) is 0 Å². The van der Waals surface area contributed by atoms with Gasteiger partial charge < -0.3 is 15.2 Å². The minimum absolute atomic E-state index is 0.0448. The van der Waals surface area contributed by atoms with Crippen LogP contribution in [0.4, 0.5) is 5.69 Å². The van der Waals surface area contributed by atoms with Crippen LogP contribution >= 0.6 is 11.6 Å². The molecule has 1 aromatic carbocycles. The summed E-state index contributed by atoms with van der Waals surface area (Å²) in [6.07, 6.45) is 0. The lowest BCUT2D eigenvalue weighted by Gasteiger charge is -2.14. The van der Waals surface area contributed by atoms with Gasteiger partial charge in [-0.1, -0.05) is 11.6 Å². The molecule has 0 saturated carbocycles. The Morgan fingerprint density at radius 2 is 1.88 bits per heavy atom. The molecule has 0 unspecified atom stereocenters. The van der Waals surface area contributed by atoms with Crippen molar-refractivity contribution in [2.75, 3.05) is 20.0 Å². The molecular weight excluding hydrogens is 256 g/mol. The summed E-state index contributed by atoms with van der Waals surface area (Å²) in [5, 5.41) is 4.84. The summed E-state index contributed by atoms with van der Waals surface area (Å²) < 4.78 is 32.5. The molecule has 6 nitrogen and oxygen atoms in total. The van der Waals surface area contributed by atoms with Gasteiger partial charge in [-0.2, -0.15) is 0 Å². The van der Waals surface area contributed by atoms with E-state index < -0.39 is 10.0 Å². The highest BCUT2D eigenvalue weighted by molar-refractivity contribution is 7.89. The van der Waals surface area contributed by atoms with Crippen molar-refractivity contribution in [2.24, 2.45) is 5.14 Å². The van der Waals surface area contributed by atoms with Crippen LogP contribution in [0.25, 0.3) is 0 Å². The molecule has 0 aliphatic carbocycles. The molecule has 0 bridgehead atoms. The Bertz CT molecular complexity index is 515. The maximum absolute atomic E-state index is 11.4. The quantitative estimate of drug-likeness (QED) is 0.779. The number of nitrogen functional groups attached to an aromatic ring is 1. The largest absolute Gasteiger partial charge is 0.493 e. The lowest BCUT2D eigenvalue weighted by atomic mass is 10.3. The third-order valence-corrected chi connectivity index (χ3v) is 3.36. The summed E-state index contributed by atoms with van der Waals surface area (Å²) in [7, 11) is -1.43. The predicted molar refractivity (Wildman–Crippen MR) is 60.3 cm³/mol. The molecule has 0 fully saturated rings. The zero-order valence-corrected chi connectivity index (χ0v) is 10.2. The monoisotopic (exact) mass is 266 g/mol. The fourth-order valence-electron chi connectivity index (χ4n) is 1.21. The number of halogens is 1. The molecular formula is C8H11ClN2O4S. The lowest BCUT2D eigenvalue weighted by Crippen LogP contribution is -2.15. The fourth-order valence-corrected chi connectivity index (χ4v) is 2.48. The molecule has 0 aliphatic heterocycles. The molecule has 1 aromatic rings. The van der Waals surface area contributed by atoms with Gasteiger partial charge in [-0.05, 0) is 0 Å². The van der Waals surface area contributed by atoms with Crippen LogP contribution in [0.3, 0.4) is 0 Å². The smallest absolute Gasteiger partial charge is 0.243 e. The van der Waals surface area contributed by atoms with Gasteiger partial charge in [0.15, 0.2) is 11.5 Å². The molecule has 0 heterocycles. The van der Waals surface area contributed by atoms with E-state index in [1.165, 1.54) is 20.3 Å². The van der Waals surface area contributed by atoms with Crippen molar-refractivity contribution in [3.8, 4) is 11.5 Å². The molecule has 0 atom stereocenters. The van der Waals surface area contributed by atoms with Crippen molar-refractivity contribution in [3.05, 3.63) is 11.1 Å². The highest BCUT2D eigenvalue weighted by atomic mass is 35.5. The minimum Gasteiger partial charge on any atom is -0.493 e. The minimum atomic E-state index is -4.05. The first-order chi connectivity index (χ1) is 7.32. The van der Waals surface area contributed by atoms with E-state index in [2.05, 4.69) is 0 Å². The third-order valence-electron chi connectivity index (χ3n) is 1.88. The number of primary sulfonamides is 1. The average molecular weight is 267 g/mol. The Morgan fingerprint density at radius 3 is 2.25 bits per heavy atom. The first kappa shape index (κ1) is 12.9. The summed E-state index contributed by atoms with van der Waals surface area (Å²) in [6, 6.07) is 1.36. The van der Waals surface area contributed by atoms with Gasteiger partial charge in [0, 0.05) is 6.07 Å². The molecule has 0 radical (unpaired) electrons. The number of methoxy groups -OCH3 is 2. The van der Waals surface area contributed by atoms with Crippen molar-refractivity contribution in [2.45, 2.75) is 4.90 Å².